The molecule has 0 saturated heterocycles. The summed E-state index contributed by atoms with van der Waals surface area (Å²) in [5.74, 6) is 0. The minimum atomic E-state index is 0.453. The van der Waals surface area contributed by atoms with E-state index in [0.717, 1.165) is 12.1 Å². The van der Waals surface area contributed by atoms with E-state index in [-0.39, 0.29) is 0 Å². The fraction of sp³-hybridized carbons (Fsp3) is 0.444. The quantitative estimate of drug-likeness (QED) is 0.719. The summed E-state index contributed by atoms with van der Waals surface area (Å²) in [5, 5.41) is 3.29. The fourth-order valence-corrected chi connectivity index (χ4v) is 0.906. The number of anilines is 2. The van der Waals surface area contributed by atoms with Crippen LogP contribution in [0.5, 0.6) is 0 Å². The van der Waals surface area contributed by atoms with Gasteiger partial charge in [-0.15, -0.1) is 0 Å². The Morgan fingerprint density at radius 2 is 2.42 bits per heavy atom. The lowest BCUT2D eigenvalue weighted by molar-refractivity contribution is 0.764. The molecular weight excluding hydrogens is 150 g/mol. The van der Waals surface area contributed by atoms with Crippen molar-refractivity contribution in [1.82, 2.24) is 4.98 Å². The normalized spacial score (nSPS) is 12.5. The summed E-state index contributed by atoms with van der Waals surface area (Å²) >= 11 is 0. The highest BCUT2D eigenvalue weighted by Crippen LogP contribution is 2.16. The largest absolute Gasteiger partial charge is 0.396 e. The molecule has 0 aliphatic rings. The van der Waals surface area contributed by atoms with Gasteiger partial charge >= 0.3 is 0 Å². The molecule has 0 saturated carbocycles. The van der Waals surface area contributed by atoms with Crippen molar-refractivity contribution in [1.29, 1.82) is 0 Å². The molecule has 1 aromatic heterocycles. The second kappa shape index (κ2) is 3.95. The van der Waals surface area contributed by atoms with Gasteiger partial charge in [0.25, 0.3) is 0 Å². The Kier molecular flexibility index (Phi) is 2.91. The van der Waals surface area contributed by atoms with Crippen molar-refractivity contribution in [2.45, 2.75) is 26.3 Å². The molecule has 0 bridgehead atoms. The number of aromatic nitrogens is 1. The van der Waals surface area contributed by atoms with E-state index in [9.17, 15) is 0 Å². The van der Waals surface area contributed by atoms with Crippen molar-refractivity contribution < 1.29 is 0 Å². The molecule has 0 amide bonds. The average molecular weight is 165 g/mol. The van der Waals surface area contributed by atoms with Crippen LogP contribution in [0.4, 0.5) is 11.4 Å². The minimum Gasteiger partial charge on any atom is -0.396 e. The molecule has 1 unspecified atom stereocenters. The summed E-state index contributed by atoms with van der Waals surface area (Å²) in [4.78, 5) is 3.91. The van der Waals surface area contributed by atoms with Gasteiger partial charge < -0.3 is 11.1 Å². The highest BCUT2D eigenvalue weighted by Gasteiger charge is 2.00. The zero-order valence-electron chi connectivity index (χ0n) is 7.54. The summed E-state index contributed by atoms with van der Waals surface area (Å²) in [6.07, 6.45) is 4.48. The summed E-state index contributed by atoms with van der Waals surface area (Å²) in [6, 6.07) is 2.34. The van der Waals surface area contributed by atoms with Gasteiger partial charge in [0.1, 0.15) is 0 Å². The Morgan fingerprint density at radius 3 is 3.00 bits per heavy atom. The van der Waals surface area contributed by atoms with Crippen LogP contribution in [0, 0.1) is 0 Å². The van der Waals surface area contributed by atoms with Gasteiger partial charge in [-0.2, -0.15) is 0 Å². The van der Waals surface area contributed by atoms with Gasteiger partial charge in [0.15, 0.2) is 0 Å². The SMILES string of the molecule is CCC(C)Nc1ccncc1N. The molecule has 0 aliphatic carbocycles. The van der Waals surface area contributed by atoms with Crippen molar-refractivity contribution >= 4 is 11.4 Å². The predicted octanol–water partition coefficient (Wildman–Crippen LogP) is 1.87. The molecule has 1 atom stereocenters. The standard InChI is InChI=1S/C9H15N3/c1-3-7(2)12-9-4-5-11-6-8(9)10/h4-7H,3,10H2,1-2H3,(H,11,12). The Labute approximate surface area is 73.0 Å². The molecule has 0 spiro atoms. The monoisotopic (exact) mass is 165 g/mol. The van der Waals surface area contributed by atoms with E-state index in [1.54, 1.807) is 12.4 Å². The summed E-state index contributed by atoms with van der Waals surface area (Å²) in [6.45, 7) is 4.26. The lowest BCUT2D eigenvalue weighted by Gasteiger charge is -2.13. The highest BCUT2D eigenvalue weighted by atomic mass is 14.9. The van der Waals surface area contributed by atoms with Crippen LogP contribution in [-0.2, 0) is 0 Å². The highest BCUT2D eigenvalue weighted by molar-refractivity contribution is 5.64. The maximum atomic E-state index is 5.70. The van der Waals surface area contributed by atoms with Gasteiger partial charge in [-0.1, -0.05) is 6.92 Å². The summed E-state index contributed by atoms with van der Waals surface area (Å²) in [7, 11) is 0. The Morgan fingerprint density at radius 1 is 1.67 bits per heavy atom. The first-order valence-corrected chi connectivity index (χ1v) is 4.20. The smallest absolute Gasteiger partial charge is 0.0736 e. The van der Waals surface area contributed by atoms with Crippen molar-refractivity contribution in [3.05, 3.63) is 18.5 Å². The zero-order chi connectivity index (χ0) is 8.97. The first-order chi connectivity index (χ1) is 5.74. The van der Waals surface area contributed by atoms with Crippen LogP contribution in [0.3, 0.4) is 0 Å². The van der Waals surface area contributed by atoms with Crippen molar-refractivity contribution in [2.75, 3.05) is 11.1 Å². The lowest BCUT2D eigenvalue weighted by atomic mass is 10.2. The van der Waals surface area contributed by atoms with Gasteiger partial charge in [0.05, 0.1) is 17.6 Å². The molecule has 3 heteroatoms. The van der Waals surface area contributed by atoms with Gasteiger partial charge in [-0.25, -0.2) is 0 Å². The van der Waals surface area contributed by atoms with Crippen molar-refractivity contribution in [3.8, 4) is 0 Å². The molecule has 1 aromatic rings. The molecule has 66 valence electrons. The molecule has 1 rings (SSSR count). The Bertz CT molecular complexity index is 247. The molecule has 3 N–H and O–H groups in total. The summed E-state index contributed by atoms with van der Waals surface area (Å²) < 4.78 is 0. The third kappa shape index (κ3) is 2.12. The number of nitrogens with two attached hydrogens (primary N) is 1. The van der Waals surface area contributed by atoms with E-state index in [1.165, 1.54) is 0 Å². The second-order valence-corrected chi connectivity index (χ2v) is 2.92. The maximum absolute atomic E-state index is 5.70. The molecule has 1 heterocycles. The number of hydrogen-bond acceptors (Lipinski definition) is 3. The third-order valence-electron chi connectivity index (χ3n) is 1.87. The Balaban J connectivity index is 2.69. The van der Waals surface area contributed by atoms with Crippen molar-refractivity contribution in [2.24, 2.45) is 0 Å². The van der Waals surface area contributed by atoms with E-state index in [2.05, 4.69) is 24.1 Å². The first kappa shape index (κ1) is 8.84. The summed E-state index contributed by atoms with van der Waals surface area (Å²) in [5.41, 5.74) is 7.38. The van der Waals surface area contributed by atoms with Crippen LogP contribution in [0.15, 0.2) is 18.5 Å². The predicted molar refractivity (Wildman–Crippen MR) is 52.0 cm³/mol. The van der Waals surface area contributed by atoms with E-state index >= 15 is 0 Å². The lowest BCUT2D eigenvalue weighted by Crippen LogP contribution is -2.14. The topological polar surface area (TPSA) is 50.9 Å². The number of rotatable bonds is 3. The molecule has 12 heavy (non-hydrogen) atoms. The van der Waals surface area contributed by atoms with Gasteiger partial charge in [-0.05, 0) is 19.4 Å². The van der Waals surface area contributed by atoms with Crippen LogP contribution in [0.25, 0.3) is 0 Å². The van der Waals surface area contributed by atoms with E-state index < -0.39 is 0 Å². The number of pyridine rings is 1. The number of hydrogen-bond donors (Lipinski definition) is 2. The number of nitrogen functional groups attached to an aromatic ring is 1. The molecule has 3 nitrogen and oxygen atoms in total. The fourth-order valence-electron chi connectivity index (χ4n) is 0.906. The number of nitrogens with zero attached hydrogens (tertiary/aromatic N) is 1. The minimum absolute atomic E-state index is 0.453. The molecule has 0 radical (unpaired) electrons. The van der Waals surface area contributed by atoms with Crippen LogP contribution >= 0.6 is 0 Å². The molecule has 0 aromatic carbocycles. The first-order valence-electron chi connectivity index (χ1n) is 4.20. The van der Waals surface area contributed by atoms with Crippen LogP contribution < -0.4 is 11.1 Å². The van der Waals surface area contributed by atoms with Crippen LogP contribution in [0.2, 0.25) is 0 Å². The number of nitrogens with one attached hydrogen (secondary N) is 1. The molecule has 0 aliphatic heterocycles. The van der Waals surface area contributed by atoms with Crippen LogP contribution in [0.1, 0.15) is 20.3 Å². The second-order valence-electron chi connectivity index (χ2n) is 2.92. The van der Waals surface area contributed by atoms with E-state index in [4.69, 9.17) is 5.73 Å². The van der Waals surface area contributed by atoms with Crippen LogP contribution in [-0.4, -0.2) is 11.0 Å². The maximum Gasteiger partial charge on any atom is 0.0736 e. The molecular formula is C9H15N3. The van der Waals surface area contributed by atoms with Gasteiger partial charge in [-0.3, -0.25) is 4.98 Å². The average Bonchev–Trinajstić information content (AvgIpc) is 2.09. The molecule has 0 fully saturated rings. The Hall–Kier alpha value is -1.25. The van der Waals surface area contributed by atoms with E-state index in [1.807, 2.05) is 6.07 Å². The van der Waals surface area contributed by atoms with Gasteiger partial charge in [0, 0.05) is 12.2 Å². The zero-order valence-corrected chi connectivity index (χ0v) is 7.54. The van der Waals surface area contributed by atoms with Gasteiger partial charge in [0.2, 0.25) is 0 Å². The third-order valence-corrected chi connectivity index (χ3v) is 1.87. The van der Waals surface area contributed by atoms with E-state index in [0.29, 0.717) is 11.7 Å². The van der Waals surface area contributed by atoms with Crippen molar-refractivity contribution in [3.63, 3.8) is 0 Å².